The molecule has 5 heteroatoms. The minimum atomic E-state index is -0.184. The molecule has 21 heavy (non-hydrogen) atoms. The monoisotopic (exact) mass is 301 g/mol. The van der Waals surface area contributed by atoms with Crippen LogP contribution in [0, 0.1) is 0 Å². The predicted octanol–water partition coefficient (Wildman–Crippen LogP) is 3.07. The number of amides is 1. The summed E-state index contributed by atoms with van der Waals surface area (Å²) < 4.78 is 5.21. The summed E-state index contributed by atoms with van der Waals surface area (Å²) in [6.07, 6.45) is 0.295. The number of benzene rings is 2. The summed E-state index contributed by atoms with van der Waals surface area (Å²) in [6.45, 7) is 0. The third-order valence-corrected chi connectivity index (χ3v) is 3.63. The van der Waals surface area contributed by atoms with Gasteiger partial charge in [0.2, 0.25) is 5.91 Å². The topological polar surface area (TPSA) is 55.4 Å². The molecule has 2 aromatic rings. The Kier molecular flexibility index (Phi) is 3.39. The van der Waals surface area contributed by atoms with Crippen LogP contribution in [0.2, 0.25) is 5.02 Å². The Morgan fingerprint density at radius 3 is 2.81 bits per heavy atom. The van der Waals surface area contributed by atoms with Crippen molar-refractivity contribution in [2.24, 2.45) is 0 Å². The second-order valence-electron chi connectivity index (χ2n) is 4.77. The molecule has 2 aromatic carbocycles. The zero-order valence-electron chi connectivity index (χ0n) is 11.3. The molecule has 0 fully saturated rings. The van der Waals surface area contributed by atoms with Crippen LogP contribution in [0.3, 0.4) is 0 Å². The van der Waals surface area contributed by atoms with Crippen LogP contribution >= 0.6 is 11.6 Å². The fraction of sp³-hybridized carbons (Fsp3) is 0.125. The number of carbonyl (C=O) groups excluding carboxylic acids is 2. The number of hydrogen-bond acceptors (Lipinski definition) is 3. The number of fused-ring (bicyclic) bond motifs is 1. The molecule has 0 atom stereocenters. The molecule has 0 aromatic heterocycles. The van der Waals surface area contributed by atoms with E-state index >= 15 is 0 Å². The van der Waals surface area contributed by atoms with Crippen molar-refractivity contribution < 1.29 is 14.3 Å². The smallest absolute Gasteiger partial charge is 0.228 e. The molecule has 0 saturated carbocycles. The van der Waals surface area contributed by atoms with Crippen molar-refractivity contribution in [3.8, 4) is 5.75 Å². The minimum Gasteiger partial charge on any atom is -0.496 e. The highest BCUT2D eigenvalue weighted by Gasteiger charge is 2.21. The number of carbonyl (C=O) groups is 2. The second kappa shape index (κ2) is 5.22. The summed E-state index contributed by atoms with van der Waals surface area (Å²) in [7, 11) is 1.51. The van der Waals surface area contributed by atoms with Gasteiger partial charge in [0, 0.05) is 16.3 Å². The Hall–Kier alpha value is -2.33. The van der Waals surface area contributed by atoms with Crippen molar-refractivity contribution in [3.63, 3.8) is 0 Å². The van der Waals surface area contributed by atoms with Crippen LogP contribution in [0.4, 0.5) is 5.69 Å². The van der Waals surface area contributed by atoms with Gasteiger partial charge in [-0.3, -0.25) is 9.59 Å². The molecule has 0 spiro atoms. The van der Waals surface area contributed by atoms with E-state index in [-0.39, 0.29) is 11.7 Å². The van der Waals surface area contributed by atoms with E-state index in [4.69, 9.17) is 16.3 Å². The van der Waals surface area contributed by atoms with Gasteiger partial charge in [-0.05, 0) is 42.0 Å². The lowest BCUT2D eigenvalue weighted by atomic mass is 9.99. The Labute approximate surface area is 126 Å². The third kappa shape index (κ3) is 2.50. The number of ketones is 1. The maximum absolute atomic E-state index is 12.6. The van der Waals surface area contributed by atoms with Crippen molar-refractivity contribution in [1.82, 2.24) is 0 Å². The molecule has 1 aliphatic heterocycles. The molecule has 1 heterocycles. The molecule has 1 aliphatic rings. The number of hydrogen-bond donors (Lipinski definition) is 1. The first-order chi connectivity index (χ1) is 10.1. The van der Waals surface area contributed by atoms with Gasteiger partial charge in [0.15, 0.2) is 5.78 Å². The first kappa shape index (κ1) is 13.6. The Morgan fingerprint density at radius 1 is 1.24 bits per heavy atom. The van der Waals surface area contributed by atoms with Crippen LogP contribution in [0.25, 0.3) is 0 Å². The maximum atomic E-state index is 12.6. The van der Waals surface area contributed by atoms with Crippen molar-refractivity contribution in [2.45, 2.75) is 6.42 Å². The molecular weight excluding hydrogens is 290 g/mol. The van der Waals surface area contributed by atoms with Gasteiger partial charge >= 0.3 is 0 Å². The van der Waals surface area contributed by atoms with E-state index in [1.807, 2.05) is 0 Å². The van der Waals surface area contributed by atoms with Gasteiger partial charge in [-0.15, -0.1) is 0 Å². The van der Waals surface area contributed by atoms with Crippen LogP contribution in [0.15, 0.2) is 36.4 Å². The Bertz CT molecular complexity index is 755. The van der Waals surface area contributed by atoms with Crippen molar-refractivity contribution in [1.29, 1.82) is 0 Å². The van der Waals surface area contributed by atoms with Crippen molar-refractivity contribution in [3.05, 3.63) is 58.1 Å². The summed E-state index contributed by atoms with van der Waals surface area (Å²) in [4.78, 5) is 24.0. The Morgan fingerprint density at radius 2 is 2.05 bits per heavy atom. The van der Waals surface area contributed by atoms with Gasteiger partial charge in [-0.25, -0.2) is 0 Å². The van der Waals surface area contributed by atoms with E-state index in [0.29, 0.717) is 28.3 Å². The summed E-state index contributed by atoms with van der Waals surface area (Å²) in [5, 5.41) is 3.21. The second-order valence-corrected chi connectivity index (χ2v) is 5.21. The van der Waals surface area contributed by atoms with Crippen LogP contribution < -0.4 is 10.1 Å². The highest BCUT2D eigenvalue weighted by Crippen LogP contribution is 2.28. The van der Waals surface area contributed by atoms with E-state index in [1.165, 1.54) is 7.11 Å². The number of nitrogens with one attached hydrogen (secondary N) is 1. The average Bonchev–Trinajstić information content (AvgIpc) is 2.85. The molecule has 0 radical (unpaired) electrons. The van der Waals surface area contributed by atoms with Crippen LogP contribution in [0.1, 0.15) is 21.5 Å². The lowest BCUT2D eigenvalue weighted by Crippen LogP contribution is -2.04. The highest BCUT2D eigenvalue weighted by atomic mass is 35.5. The predicted molar refractivity (Wildman–Crippen MR) is 80.2 cm³/mol. The molecule has 4 nitrogen and oxygen atoms in total. The summed E-state index contributed by atoms with van der Waals surface area (Å²) in [5.74, 6) is 0.227. The lowest BCUT2D eigenvalue weighted by molar-refractivity contribution is -0.115. The highest BCUT2D eigenvalue weighted by molar-refractivity contribution is 6.31. The molecular formula is C16H12ClNO3. The number of ether oxygens (including phenoxy) is 1. The van der Waals surface area contributed by atoms with Gasteiger partial charge in [-0.2, -0.15) is 0 Å². The first-order valence-electron chi connectivity index (χ1n) is 6.39. The maximum Gasteiger partial charge on any atom is 0.228 e. The number of rotatable bonds is 3. The Balaban J connectivity index is 2.02. The normalized spacial score (nSPS) is 12.8. The summed E-state index contributed by atoms with van der Waals surface area (Å²) in [6, 6.07) is 10.1. The molecule has 3 rings (SSSR count). The number of halogens is 1. The summed E-state index contributed by atoms with van der Waals surface area (Å²) >= 11 is 5.96. The quantitative estimate of drug-likeness (QED) is 0.886. The van der Waals surface area contributed by atoms with Gasteiger partial charge in [0.1, 0.15) is 5.75 Å². The molecule has 0 aliphatic carbocycles. The van der Waals surface area contributed by atoms with E-state index in [0.717, 1.165) is 11.3 Å². The standard InChI is InChI=1S/C16H12ClNO3/c1-21-14-5-3-11(17)8-12(14)16(20)9-2-4-13-10(6-9)7-15(19)18-13/h2-6,8H,7H2,1H3,(H,18,19). The fourth-order valence-electron chi connectivity index (χ4n) is 2.38. The molecule has 0 saturated heterocycles. The minimum absolute atomic E-state index is 0.0602. The fourth-order valence-corrected chi connectivity index (χ4v) is 2.56. The zero-order valence-corrected chi connectivity index (χ0v) is 12.0. The molecule has 1 amide bonds. The SMILES string of the molecule is COc1ccc(Cl)cc1C(=O)c1ccc2c(c1)CC(=O)N2. The van der Waals surface area contributed by atoms with Crippen molar-refractivity contribution >= 4 is 29.0 Å². The number of anilines is 1. The largest absolute Gasteiger partial charge is 0.496 e. The van der Waals surface area contributed by atoms with Gasteiger partial charge in [-0.1, -0.05) is 11.6 Å². The van der Waals surface area contributed by atoms with E-state index < -0.39 is 0 Å². The van der Waals surface area contributed by atoms with E-state index in [2.05, 4.69) is 5.32 Å². The lowest BCUT2D eigenvalue weighted by Gasteiger charge is -2.09. The van der Waals surface area contributed by atoms with E-state index in [1.54, 1.807) is 36.4 Å². The van der Waals surface area contributed by atoms with Gasteiger partial charge < -0.3 is 10.1 Å². The van der Waals surface area contributed by atoms with Gasteiger partial charge in [0.05, 0.1) is 19.1 Å². The molecule has 106 valence electrons. The van der Waals surface area contributed by atoms with Crippen LogP contribution in [-0.2, 0) is 11.2 Å². The van der Waals surface area contributed by atoms with E-state index in [9.17, 15) is 9.59 Å². The molecule has 1 N–H and O–H groups in total. The third-order valence-electron chi connectivity index (χ3n) is 3.40. The first-order valence-corrected chi connectivity index (χ1v) is 6.77. The van der Waals surface area contributed by atoms with Gasteiger partial charge in [0.25, 0.3) is 0 Å². The summed E-state index contributed by atoms with van der Waals surface area (Å²) in [5.41, 5.74) is 2.49. The van der Waals surface area contributed by atoms with Crippen molar-refractivity contribution in [2.75, 3.05) is 12.4 Å². The van der Waals surface area contributed by atoms with Crippen LogP contribution in [0.5, 0.6) is 5.75 Å². The average molecular weight is 302 g/mol. The molecule has 0 bridgehead atoms. The molecule has 0 unspecified atom stereocenters. The zero-order chi connectivity index (χ0) is 15.0. The number of methoxy groups -OCH3 is 1. The van der Waals surface area contributed by atoms with Crippen LogP contribution in [-0.4, -0.2) is 18.8 Å².